The van der Waals surface area contributed by atoms with Gasteiger partial charge in [-0.15, -0.1) is 0 Å². The highest BCUT2D eigenvalue weighted by molar-refractivity contribution is 5.91. The summed E-state index contributed by atoms with van der Waals surface area (Å²) < 4.78 is 2.15. The molecule has 0 radical (unpaired) electrons. The van der Waals surface area contributed by atoms with E-state index in [1.54, 1.807) is 0 Å². The van der Waals surface area contributed by atoms with Crippen LogP contribution in [0.15, 0.2) is 24.3 Å². The molecule has 0 saturated heterocycles. The zero-order valence-electron chi connectivity index (χ0n) is 17.9. The maximum Gasteiger partial charge on any atom is 0.337 e. The molecule has 0 amide bonds. The zero-order chi connectivity index (χ0) is 20.4. The molecule has 1 saturated carbocycles. The van der Waals surface area contributed by atoms with Gasteiger partial charge in [-0.2, -0.15) is 0 Å². The van der Waals surface area contributed by atoms with Crippen LogP contribution in [0.2, 0.25) is 0 Å². The topological polar surface area (TPSA) is 54.3 Å². The van der Waals surface area contributed by atoms with Crippen LogP contribution in [0.5, 0.6) is 0 Å². The molecule has 1 aromatic carbocycles. The Morgan fingerprint density at radius 3 is 2.43 bits per heavy atom. The second kappa shape index (κ2) is 8.52. The predicted molar refractivity (Wildman–Crippen MR) is 114 cm³/mol. The van der Waals surface area contributed by atoms with E-state index in [1.807, 2.05) is 6.92 Å². The third-order valence-corrected chi connectivity index (χ3v) is 6.83. The normalized spacial score (nSPS) is 22.4. The Morgan fingerprint density at radius 2 is 1.79 bits per heavy atom. The van der Waals surface area contributed by atoms with Gasteiger partial charge in [-0.25, -0.2) is 4.79 Å². The molecular weight excluding hydrogens is 348 g/mol. The standard InChI is InChI=1S/C24H34N2O2/c1-15-9-11-20(12-10-15)14-26-18(4)21(23(19(26)5)24(27)28)13-25-22-8-6-7-16(2)17(22)3/h9-12,16-17,22,25H,6-8,13-14H2,1-5H3,(H,27,28)/t16-,17+,22-/m1/s1. The van der Waals surface area contributed by atoms with E-state index < -0.39 is 5.97 Å². The molecular formula is C24H34N2O2. The highest BCUT2D eigenvalue weighted by atomic mass is 16.4. The van der Waals surface area contributed by atoms with Crippen LogP contribution in [0.4, 0.5) is 0 Å². The number of nitrogens with zero attached hydrogens (tertiary/aromatic N) is 1. The zero-order valence-corrected chi connectivity index (χ0v) is 17.9. The minimum absolute atomic E-state index is 0.463. The Bertz CT molecular complexity index is 835. The summed E-state index contributed by atoms with van der Waals surface area (Å²) in [6, 6.07) is 8.92. The van der Waals surface area contributed by atoms with Crippen molar-refractivity contribution in [1.29, 1.82) is 0 Å². The molecule has 4 nitrogen and oxygen atoms in total. The van der Waals surface area contributed by atoms with E-state index in [9.17, 15) is 9.90 Å². The number of hydrogen-bond acceptors (Lipinski definition) is 2. The number of nitrogens with one attached hydrogen (secondary N) is 1. The maximum absolute atomic E-state index is 12.0. The molecule has 3 atom stereocenters. The van der Waals surface area contributed by atoms with Crippen LogP contribution < -0.4 is 5.32 Å². The monoisotopic (exact) mass is 382 g/mol. The van der Waals surface area contributed by atoms with Gasteiger partial charge < -0.3 is 15.0 Å². The second-order valence-electron chi connectivity index (χ2n) is 8.66. The van der Waals surface area contributed by atoms with Crippen molar-refractivity contribution in [3.8, 4) is 0 Å². The number of aryl methyl sites for hydroxylation is 1. The fourth-order valence-electron chi connectivity index (χ4n) is 4.67. The van der Waals surface area contributed by atoms with E-state index in [4.69, 9.17) is 0 Å². The summed E-state index contributed by atoms with van der Waals surface area (Å²) in [6.45, 7) is 12.0. The van der Waals surface area contributed by atoms with E-state index in [2.05, 4.69) is 61.8 Å². The Hall–Kier alpha value is -2.07. The number of hydrogen-bond donors (Lipinski definition) is 2. The molecule has 1 fully saturated rings. The Kier molecular flexibility index (Phi) is 6.29. The van der Waals surface area contributed by atoms with Gasteiger partial charge in [0.25, 0.3) is 0 Å². The molecule has 0 spiro atoms. The quantitative estimate of drug-likeness (QED) is 0.733. The molecule has 1 aromatic heterocycles. The number of aromatic nitrogens is 1. The van der Waals surface area contributed by atoms with Gasteiger partial charge >= 0.3 is 5.97 Å². The first-order valence-corrected chi connectivity index (χ1v) is 10.5. The van der Waals surface area contributed by atoms with E-state index >= 15 is 0 Å². The van der Waals surface area contributed by atoms with Gasteiger partial charge in [0.15, 0.2) is 0 Å². The number of rotatable bonds is 6. The average Bonchev–Trinajstić information content (AvgIpc) is 2.89. The van der Waals surface area contributed by atoms with Gasteiger partial charge in [0.1, 0.15) is 0 Å². The summed E-state index contributed by atoms with van der Waals surface area (Å²) in [5.74, 6) is 0.516. The van der Waals surface area contributed by atoms with E-state index in [0.717, 1.165) is 22.9 Å². The highest BCUT2D eigenvalue weighted by Crippen LogP contribution is 2.30. The Balaban J connectivity index is 1.85. The lowest BCUT2D eigenvalue weighted by Gasteiger charge is -2.34. The fraction of sp³-hybridized carbons (Fsp3) is 0.542. The van der Waals surface area contributed by atoms with Crippen LogP contribution in [-0.2, 0) is 13.1 Å². The van der Waals surface area contributed by atoms with Gasteiger partial charge in [-0.05, 0) is 44.6 Å². The smallest absolute Gasteiger partial charge is 0.337 e. The minimum atomic E-state index is -0.829. The van der Waals surface area contributed by atoms with Crippen LogP contribution in [0.3, 0.4) is 0 Å². The van der Waals surface area contributed by atoms with Crippen molar-refractivity contribution in [2.45, 2.75) is 73.0 Å². The van der Waals surface area contributed by atoms with Crippen molar-refractivity contribution in [2.75, 3.05) is 0 Å². The van der Waals surface area contributed by atoms with Crippen molar-refractivity contribution >= 4 is 5.97 Å². The van der Waals surface area contributed by atoms with Gasteiger partial charge in [0, 0.05) is 36.1 Å². The first-order chi connectivity index (χ1) is 13.3. The molecule has 0 aliphatic heterocycles. The van der Waals surface area contributed by atoms with Gasteiger partial charge in [-0.3, -0.25) is 0 Å². The molecule has 0 unspecified atom stereocenters. The summed E-state index contributed by atoms with van der Waals surface area (Å²) in [7, 11) is 0. The van der Waals surface area contributed by atoms with Gasteiger partial charge in [-0.1, -0.05) is 56.5 Å². The summed E-state index contributed by atoms with van der Waals surface area (Å²) in [5.41, 5.74) is 5.72. The molecule has 4 heteroatoms. The lowest BCUT2D eigenvalue weighted by atomic mass is 9.78. The molecule has 1 aliphatic carbocycles. The van der Waals surface area contributed by atoms with Crippen LogP contribution in [0.1, 0.15) is 71.5 Å². The molecule has 3 rings (SSSR count). The van der Waals surface area contributed by atoms with Crippen LogP contribution >= 0.6 is 0 Å². The predicted octanol–water partition coefficient (Wildman–Crippen LogP) is 5.07. The number of benzene rings is 1. The number of carboxylic acids is 1. The van der Waals surface area contributed by atoms with Crippen molar-refractivity contribution in [1.82, 2.24) is 9.88 Å². The van der Waals surface area contributed by atoms with E-state index in [-0.39, 0.29) is 0 Å². The summed E-state index contributed by atoms with van der Waals surface area (Å²) in [5, 5.41) is 13.6. The lowest BCUT2D eigenvalue weighted by molar-refractivity contribution is 0.0694. The van der Waals surface area contributed by atoms with Crippen molar-refractivity contribution in [3.63, 3.8) is 0 Å². The number of carbonyl (C=O) groups is 1. The summed E-state index contributed by atoms with van der Waals surface area (Å²) in [4.78, 5) is 12.0. The second-order valence-corrected chi connectivity index (χ2v) is 8.66. The Morgan fingerprint density at radius 1 is 1.11 bits per heavy atom. The van der Waals surface area contributed by atoms with Gasteiger partial charge in [0.05, 0.1) is 5.56 Å². The van der Waals surface area contributed by atoms with Crippen molar-refractivity contribution in [3.05, 3.63) is 57.9 Å². The van der Waals surface area contributed by atoms with Crippen LogP contribution in [0.25, 0.3) is 0 Å². The maximum atomic E-state index is 12.0. The molecule has 1 aliphatic rings. The third-order valence-electron chi connectivity index (χ3n) is 6.83. The minimum Gasteiger partial charge on any atom is -0.478 e. The van der Waals surface area contributed by atoms with E-state index in [1.165, 1.54) is 30.4 Å². The largest absolute Gasteiger partial charge is 0.478 e. The first kappa shape index (κ1) is 20.7. The lowest BCUT2D eigenvalue weighted by Crippen LogP contribution is -2.40. The summed E-state index contributed by atoms with van der Waals surface area (Å²) >= 11 is 0. The molecule has 2 aromatic rings. The number of carboxylic acid groups (broad SMARTS) is 1. The molecule has 1 heterocycles. The molecule has 152 valence electrons. The molecule has 2 N–H and O–H groups in total. The third kappa shape index (κ3) is 4.17. The van der Waals surface area contributed by atoms with E-state index in [0.29, 0.717) is 30.6 Å². The van der Waals surface area contributed by atoms with Crippen molar-refractivity contribution in [2.24, 2.45) is 11.8 Å². The molecule has 28 heavy (non-hydrogen) atoms. The molecule has 0 bridgehead atoms. The number of aromatic carboxylic acids is 1. The SMILES string of the molecule is Cc1ccc(Cn2c(C)c(CN[C@@H]3CCC[C@@H](C)[C@@H]3C)c(C(=O)O)c2C)cc1. The first-order valence-electron chi connectivity index (χ1n) is 10.5. The average molecular weight is 383 g/mol. The fourth-order valence-corrected chi connectivity index (χ4v) is 4.67. The Labute approximate surface area is 169 Å². The van der Waals surface area contributed by atoms with Crippen LogP contribution in [0, 0.1) is 32.6 Å². The van der Waals surface area contributed by atoms with Crippen molar-refractivity contribution < 1.29 is 9.90 Å². The van der Waals surface area contributed by atoms with Gasteiger partial charge in [0.2, 0.25) is 0 Å². The highest BCUT2D eigenvalue weighted by Gasteiger charge is 2.28. The summed E-state index contributed by atoms with van der Waals surface area (Å²) in [6.07, 6.45) is 3.72. The van der Waals surface area contributed by atoms with Crippen LogP contribution in [-0.4, -0.2) is 21.7 Å².